The number of nitrogens with one attached hydrogen (secondary N) is 1. The lowest BCUT2D eigenvalue weighted by atomic mass is 10.1. The fraction of sp³-hybridized carbons (Fsp3) is 0.667. The van der Waals surface area contributed by atoms with Crippen LogP contribution in [0.3, 0.4) is 0 Å². The van der Waals surface area contributed by atoms with Crippen LogP contribution in [0.15, 0.2) is 18.3 Å². The van der Waals surface area contributed by atoms with Crippen molar-refractivity contribution in [2.45, 2.75) is 51.3 Å². The lowest BCUT2D eigenvalue weighted by Crippen LogP contribution is -2.35. The molecule has 0 radical (unpaired) electrons. The number of nitrogens with two attached hydrogens (primary N) is 1. The summed E-state index contributed by atoms with van der Waals surface area (Å²) in [6.07, 6.45) is 3.85. The van der Waals surface area contributed by atoms with Gasteiger partial charge >= 0.3 is 0 Å². The number of hydrogen-bond acceptors (Lipinski definition) is 4. The van der Waals surface area contributed by atoms with E-state index in [1.165, 1.54) is 0 Å². The predicted molar refractivity (Wildman–Crippen MR) is 86.6 cm³/mol. The van der Waals surface area contributed by atoms with E-state index >= 15 is 0 Å². The van der Waals surface area contributed by atoms with E-state index in [0.717, 1.165) is 30.7 Å². The summed E-state index contributed by atoms with van der Waals surface area (Å²) in [7, 11) is 0. The third kappa shape index (κ3) is 6.83. The molecular weight excluding hydrogens is 254 g/mol. The van der Waals surface area contributed by atoms with Gasteiger partial charge in [0.2, 0.25) is 0 Å². The number of pyridine rings is 1. The summed E-state index contributed by atoms with van der Waals surface area (Å²) in [6.45, 7) is 10.0. The summed E-state index contributed by atoms with van der Waals surface area (Å²) in [5.41, 5.74) is 7.08. The normalized spacial score (nSPS) is 13.5. The first-order chi connectivity index (χ1) is 8.92. The minimum absolute atomic E-state index is 0.298. The molecule has 0 saturated heterocycles. The second kappa shape index (κ2) is 7.75. The predicted octanol–water partition coefficient (Wildman–Crippen LogP) is 3.11. The molecule has 1 heterocycles. The average molecular weight is 281 g/mol. The van der Waals surface area contributed by atoms with Gasteiger partial charge in [-0.1, -0.05) is 33.8 Å². The molecule has 19 heavy (non-hydrogen) atoms. The molecule has 0 spiro atoms. The van der Waals surface area contributed by atoms with E-state index in [0.29, 0.717) is 16.6 Å². The second-order valence-corrected chi connectivity index (χ2v) is 7.67. The van der Waals surface area contributed by atoms with Gasteiger partial charge in [0.15, 0.2) is 0 Å². The molecule has 1 unspecified atom stereocenters. The average Bonchev–Trinajstić information content (AvgIpc) is 2.34. The van der Waals surface area contributed by atoms with Crippen molar-refractivity contribution in [3.8, 4) is 0 Å². The number of anilines is 1. The zero-order valence-electron chi connectivity index (χ0n) is 12.6. The highest BCUT2D eigenvalue weighted by Crippen LogP contribution is 2.25. The Morgan fingerprint density at radius 2 is 2.16 bits per heavy atom. The van der Waals surface area contributed by atoms with Gasteiger partial charge in [0.25, 0.3) is 0 Å². The number of hydrogen-bond donors (Lipinski definition) is 2. The Kier molecular flexibility index (Phi) is 6.66. The van der Waals surface area contributed by atoms with E-state index in [1.807, 2.05) is 17.8 Å². The summed E-state index contributed by atoms with van der Waals surface area (Å²) in [5.74, 6) is 1.75. The van der Waals surface area contributed by atoms with Crippen molar-refractivity contribution in [2.75, 3.05) is 18.0 Å². The van der Waals surface area contributed by atoms with Gasteiger partial charge < -0.3 is 11.1 Å². The van der Waals surface area contributed by atoms with Crippen molar-refractivity contribution < 1.29 is 0 Å². The number of nitrogen functional groups attached to an aromatic ring is 1. The van der Waals surface area contributed by atoms with Crippen molar-refractivity contribution >= 4 is 17.6 Å². The molecule has 3 N–H and O–H groups in total. The molecule has 108 valence electrons. The Labute approximate surface area is 121 Å². The zero-order chi connectivity index (χ0) is 14.3. The Morgan fingerprint density at radius 3 is 2.74 bits per heavy atom. The Bertz CT molecular complexity index is 374. The van der Waals surface area contributed by atoms with E-state index in [2.05, 4.69) is 44.1 Å². The van der Waals surface area contributed by atoms with E-state index in [4.69, 9.17) is 5.73 Å². The van der Waals surface area contributed by atoms with E-state index in [9.17, 15) is 0 Å². The fourth-order valence-corrected chi connectivity index (χ4v) is 2.71. The first-order valence-corrected chi connectivity index (χ1v) is 7.97. The first kappa shape index (κ1) is 16.3. The number of nitrogens with zero attached hydrogens (tertiary/aromatic N) is 1. The third-order valence-electron chi connectivity index (χ3n) is 2.79. The van der Waals surface area contributed by atoms with Crippen LogP contribution in [0.2, 0.25) is 0 Å². The van der Waals surface area contributed by atoms with Crippen molar-refractivity contribution in [1.29, 1.82) is 0 Å². The monoisotopic (exact) mass is 281 g/mol. The van der Waals surface area contributed by atoms with Gasteiger partial charge in [-0.2, -0.15) is 11.8 Å². The highest BCUT2D eigenvalue weighted by Gasteiger charge is 2.16. The molecule has 1 aromatic heterocycles. The van der Waals surface area contributed by atoms with Gasteiger partial charge in [0.05, 0.1) is 0 Å². The van der Waals surface area contributed by atoms with E-state index < -0.39 is 0 Å². The number of thioether (sulfide) groups is 1. The third-order valence-corrected chi connectivity index (χ3v) is 4.23. The summed E-state index contributed by atoms with van der Waals surface area (Å²) in [4.78, 5) is 4.16. The minimum Gasteiger partial charge on any atom is -0.383 e. The molecule has 1 aromatic rings. The van der Waals surface area contributed by atoms with Crippen LogP contribution in [-0.4, -0.2) is 28.1 Å². The van der Waals surface area contributed by atoms with Crippen molar-refractivity contribution in [2.24, 2.45) is 0 Å². The molecule has 3 nitrogen and oxygen atoms in total. The Hall–Kier alpha value is -0.740. The smallest absolute Gasteiger partial charge is 0.126 e. The van der Waals surface area contributed by atoms with Gasteiger partial charge in [-0.25, -0.2) is 4.98 Å². The summed E-state index contributed by atoms with van der Waals surface area (Å²) >= 11 is 1.99. The van der Waals surface area contributed by atoms with Gasteiger partial charge in [0, 0.05) is 22.7 Å². The quantitative estimate of drug-likeness (QED) is 0.806. The molecule has 0 aliphatic heterocycles. The van der Waals surface area contributed by atoms with Gasteiger partial charge in [-0.05, 0) is 31.0 Å². The molecule has 0 fully saturated rings. The van der Waals surface area contributed by atoms with Crippen LogP contribution < -0.4 is 11.1 Å². The molecule has 0 aromatic carbocycles. The van der Waals surface area contributed by atoms with Crippen LogP contribution in [0.4, 0.5) is 5.82 Å². The van der Waals surface area contributed by atoms with Crippen LogP contribution in [0.1, 0.15) is 39.7 Å². The topological polar surface area (TPSA) is 50.9 Å². The zero-order valence-corrected chi connectivity index (χ0v) is 13.4. The summed E-state index contributed by atoms with van der Waals surface area (Å²) in [5, 5.41) is 3.61. The summed E-state index contributed by atoms with van der Waals surface area (Å²) < 4.78 is 0.298. The van der Waals surface area contributed by atoms with E-state index in [1.54, 1.807) is 6.20 Å². The van der Waals surface area contributed by atoms with Gasteiger partial charge in [-0.3, -0.25) is 0 Å². The van der Waals surface area contributed by atoms with E-state index in [-0.39, 0.29) is 0 Å². The van der Waals surface area contributed by atoms with Crippen LogP contribution in [0.5, 0.6) is 0 Å². The summed E-state index contributed by atoms with van der Waals surface area (Å²) in [6, 6.07) is 4.49. The second-order valence-electron chi connectivity index (χ2n) is 5.83. The molecule has 4 heteroatoms. The lowest BCUT2D eigenvalue weighted by Gasteiger charge is -2.24. The molecule has 0 amide bonds. The van der Waals surface area contributed by atoms with Crippen molar-refractivity contribution in [3.63, 3.8) is 0 Å². The lowest BCUT2D eigenvalue weighted by molar-refractivity contribution is 0.548. The Morgan fingerprint density at radius 1 is 1.42 bits per heavy atom. The van der Waals surface area contributed by atoms with Crippen LogP contribution in [-0.2, 0) is 6.42 Å². The number of rotatable bonds is 7. The highest BCUT2D eigenvalue weighted by molar-refractivity contribution is 8.00. The molecule has 0 saturated carbocycles. The maximum absolute atomic E-state index is 5.93. The maximum atomic E-state index is 5.93. The largest absolute Gasteiger partial charge is 0.383 e. The minimum atomic E-state index is 0.298. The molecule has 1 rings (SSSR count). The molecule has 0 bridgehead atoms. The first-order valence-electron chi connectivity index (χ1n) is 6.99. The standard InChI is InChI=1S/C15H27N3S/c1-5-8-17-13(11-19-15(2,3)4)10-12-7-6-9-18-14(12)16/h6-7,9,13,17H,5,8,10-11H2,1-4H3,(H2,16,18). The van der Waals surface area contributed by atoms with Crippen molar-refractivity contribution in [3.05, 3.63) is 23.9 Å². The van der Waals surface area contributed by atoms with Crippen LogP contribution >= 0.6 is 11.8 Å². The fourth-order valence-electron chi connectivity index (χ4n) is 1.78. The molecule has 0 aliphatic carbocycles. The highest BCUT2D eigenvalue weighted by atomic mass is 32.2. The SMILES string of the molecule is CCCNC(CSC(C)(C)C)Cc1cccnc1N. The molecule has 0 aliphatic rings. The van der Waals surface area contributed by atoms with Crippen molar-refractivity contribution in [1.82, 2.24) is 10.3 Å². The van der Waals surface area contributed by atoms with Gasteiger partial charge in [-0.15, -0.1) is 0 Å². The number of aromatic nitrogens is 1. The van der Waals surface area contributed by atoms with Gasteiger partial charge in [0.1, 0.15) is 5.82 Å². The molecular formula is C15H27N3S. The maximum Gasteiger partial charge on any atom is 0.126 e. The van der Waals surface area contributed by atoms with Crippen LogP contribution in [0.25, 0.3) is 0 Å². The Balaban J connectivity index is 2.61. The molecule has 1 atom stereocenters. The van der Waals surface area contributed by atoms with Crippen LogP contribution in [0, 0.1) is 0 Å².